The van der Waals surface area contributed by atoms with E-state index in [1.54, 1.807) is 7.11 Å². The molecule has 0 saturated heterocycles. The van der Waals surface area contributed by atoms with Gasteiger partial charge >= 0.3 is 0 Å². The molecule has 0 amide bonds. The quantitative estimate of drug-likeness (QED) is 0.621. The van der Waals surface area contributed by atoms with Crippen LogP contribution in [0.25, 0.3) is 0 Å². The lowest BCUT2D eigenvalue weighted by Crippen LogP contribution is -2.38. The lowest BCUT2D eigenvalue weighted by atomic mass is 9.58. The molecule has 1 aliphatic carbocycles. The second-order valence-corrected chi connectivity index (χ2v) is 6.73. The first-order valence-corrected chi connectivity index (χ1v) is 8.92. The third-order valence-corrected chi connectivity index (χ3v) is 5.34. The number of benzene rings is 2. The Balaban J connectivity index is 1.67. The van der Waals surface area contributed by atoms with Crippen LogP contribution in [-0.4, -0.2) is 17.9 Å². The Labute approximate surface area is 153 Å². The van der Waals surface area contributed by atoms with Gasteiger partial charge in [-0.15, -0.1) is 0 Å². The highest BCUT2D eigenvalue weighted by molar-refractivity contribution is 5.99. The highest BCUT2D eigenvalue weighted by atomic mass is 16.5. The first-order chi connectivity index (χ1) is 12.8. The maximum atomic E-state index is 13.1. The third-order valence-electron chi connectivity index (χ3n) is 5.34. The molecule has 0 spiro atoms. The molecule has 1 saturated carbocycles. The molecule has 0 bridgehead atoms. The minimum absolute atomic E-state index is 0.0159. The molecule has 130 valence electrons. The van der Waals surface area contributed by atoms with Gasteiger partial charge in [-0.25, -0.2) is 0 Å². The van der Waals surface area contributed by atoms with E-state index in [9.17, 15) is 4.79 Å². The second-order valence-electron chi connectivity index (χ2n) is 6.73. The van der Waals surface area contributed by atoms with Crippen LogP contribution in [0.2, 0.25) is 0 Å². The van der Waals surface area contributed by atoms with Crippen LogP contribution in [0, 0.1) is 5.92 Å². The summed E-state index contributed by atoms with van der Waals surface area (Å²) >= 11 is 0. The summed E-state index contributed by atoms with van der Waals surface area (Å²) in [5.41, 5.74) is 3.02. The van der Waals surface area contributed by atoms with E-state index in [1.165, 1.54) is 5.56 Å². The molecule has 4 rings (SSSR count). The van der Waals surface area contributed by atoms with Crippen molar-refractivity contribution in [1.82, 2.24) is 4.98 Å². The predicted octanol–water partition coefficient (Wildman–Crippen LogP) is 4.86. The molecule has 3 aromatic rings. The number of nitrogens with zero attached hydrogens (tertiary/aromatic N) is 1. The molecule has 3 atom stereocenters. The zero-order chi connectivity index (χ0) is 17.9. The summed E-state index contributed by atoms with van der Waals surface area (Å²) in [5, 5.41) is 0. The largest absolute Gasteiger partial charge is 0.497 e. The second kappa shape index (κ2) is 7.12. The van der Waals surface area contributed by atoms with Crippen LogP contribution in [0.5, 0.6) is 5.75 Å². The number of carbonyl (C=O) groups excluding carboxylic acids is 1. The Morgan fingerprint density at radius 1 is 0.962 bits per heavy atom. The van der Waals surface area contributed by atoms with Crippen molar-refractivity contribution in [3.63, 3.8) is 0 Å². The molecule has 1 aromatic heterocycles. The monoisotopic (exact) mass is 343 g/mol. The van der Waals surface area contributed by atoms with Crippen LogP contribution in [0.15, 0.2) is 79.0 Å². The lowest BCUT2D eigenvalue weighted by molar-refractivity contribution is 0.0778. The van der Waals surface area contributed by atoms with Crippen LogP contribution >= 0.6 is 0 Å². The van der Waals surface area contributed by atoms with Crippen molar-refractivity contribution in [1.29, 1.82) is 0 Å². The molecule has 26 heavy (non-hydrogen) atoms. The molecule has 0 aliphatic heterocycles. The Hall–Kier alpha value is -2.94. The van der Waals surface area contributed by atoms with Gasteiger partial charge in [-0.05, 0) is 36.2 Å². The first-order valence-electron chi connectivity index (χ1n) is 8.92. The number of rotatable bonds is 5. The van der Waals surface area contributed by atoms with E-state index in [0.29, 0.717) is 0 Å². The van der Waals surface area contributed by atoms with Crippen molar-refractivity contribution in [3.8, 4) is 5.75 Å². The molecule has 0 N–H and O–H groups in total. The molecule has 1 fully saturated rings. The zero-order valence-electron chi connectivity index (χ0n) is 14.7. The number of pyridine rings is 1. The number of methoxy groups -OCH3 is 1. The number of carbonyl (C=O) groups is 1. The minimum Gasteiger partial charge on any atom is -0.497 e. The van der Waals surface area contributed by atoms with Gasteiger partial charge < -0.3 is 4.74 Å². The van der Waals surface area contributed by atoms with Crippen LogP contribution in [0.1, 0.15) is 39.9 Å². The predicted molar refractivity (Wildman–Crippen MR) is 102 cm³/mol. The molecular formula is C23H21NO2. The van der Waals surface area contributed by atoms with Gasteiger partial charge in [0.2, 0.25) is 0 Å². The normalized spacial score (nSPS) is 21.7. The SMILES string of the molecule is COc1ccc([C@H]2[C@H](C(=O)c3ccccc3)C[C@H]2c2ccccn2)cc1. The van der Waals surface area contributed by atoms with E-state index in [0.717, 1.165) is 23.4 Å². The van der Waals surface area contributed by atoms with Gasteiger partial charge in [-0.3, -0.25) is 9.78 Å². The van der Waals surface area contributed by atoms with E-state index in [2.05, 4.69) is 23.2 Å². The maximum Gasteiger partial charge on any atom is 0.166 e. The summed E-state index contributed by atoms with van der Waals surface area (Å²) in [4.78, 5) is 17.6. The molecule has 3 heteroatoms. The summed E-state index contributed by atoms with van der Waals surface area (Å²) in [6.45, 7) is 0. The van der Waals surface area contributed by atoms with Gasteiger partial charge in [0.15, 0.2) is 5.78 Å². The van der Waals surface area contributed by atoms with E-state index in [4.69, 9.17) is 4.74 Å². The average Bonchev–Trinajstić information content (AvgIpc) is 2.69. The fraction of sp³-hybridized carbons (Fsp3) is 0.217. The van der Waals surface area contributed by atoms with Crippen LogP contribution in [0.4, 0.5) is 0 Å². The van der Waals surface area contributed by atoms with Crippen molar-refractivity contribution >= 4 is 5.78 Å². The van der Waals surface area contributed by atoms with Gasteiger partial charge in [0, 0.05) is 35.2 Å². The van der Waals surface area contributed by atoms with Crippen LogP contribution < -0.4 is 4.74 Å². The summed E-state index contributed by atoms with van der Waals surface area (Å²) in [5.74, 6) is 1.44. The van der Waals surface area contributed by atoms with Gasteiger partial charge in [0.1, 0.15) is 5.75 Å². The molecule has 2 aromatic carbocycles. The van der Waals surface area contributed by atoms with Gasteiger partial charge in [-0.2, -0.15) is 0 Å². The Morgan fingerprint density at radius 2 is 1.69 bits per heavy atom. The molecular weight excluding hydrogens is 322 g/mol. The highest BCUT2D eigenvalue weighted by Crippen LogP contribution is 2.54. The fourth-order valence-corrected chi connectivity index (χ4v) is 3.93. The standard InChI is InChI=1S/C23H21NO2/c1-26-18-12-10-16(11-13-18)22-19(21-9-5-6-14-24-21)15-20(22)23(25)17-7-3-2-4-8-17/h2-14,19-20,22H,15H2,1H3/t19-,20+,22+/m0/s1. The summed E-state index contributed by atoms with van der Waals surface area (Å²) < 4.78 is 5.28. The smallest absolute Gasteiger partial charge is 0.166 e. The number of aromatic nitrogens is 1. The third kappa shape index (κ3) is 3.01. The molecule has 1 aliphatic rings. The van der Waals surface area contributed by atoms with Gasteiger partial charge in [-0.1, -0.05) is 48.5 Å². The fourth-order valence-electron chi connectivity index (χ4n) is 3.93. The lowest BCUT2D eigenvalue weighted by Gasteiger charge is -2.44. The van der Waals surface area contributed by atoms with Crippen molar-refractivity contribution < 1.29 is 9.53 Å². The zero-order valence-corrected chi connectivity index (χ0v) is 14.7. The highest BCUT2D eigenvalue weighted by Gasteiger charge is 2.47. The Morgan fingerprint density at radius 3 is 2.35 bits per heavy atom. The summed E-state index contributed by atoms with van der Waals surface area (Å²) in [7, 11) is 1.66. The minimum atomic E-state index is -0.0159. The van der Waals surface area contributed by atoms with E-state index >= 15 is 0 Å². The summed E-state index contributed by atoms with van der Waals surface area (Å²) in [6, 6.07) is 23.7. The average molecular weight is 343 g/mol. The maximum absolute atomic E-state index is 13.1. The first kappa shape index (κ1) is 16.5. The molecule has 0 radical (unpaired) electrons. The number of hydrogen-bond donors (Lipinski definition) is 0. The van der Waals surface area contributed by atoms with Crippen molar-refractivity contribution in [2.45, 2.75) is 18.3 Å². The number of hydrogen-bond acceptors (Lipinski definition) is 3. The van der Waals surface area contributed by atoms with E-state index in [-0.39, 0.29) is 23.5 Å². The molecule has 3 nitrogen and oxygen atoms in total. The van der Waals surface area contributed by atoms with Crippen molar-refractivity contribution in [2.24, 2.45) is 5.92 Å². The topological polar surface area (TPSA) is 39.2 Å². The van der Waals surface area contributed by atoms with Crippen LogP contribution in [0.3, 0.4) is 0 Å². The Bertz CT molecular complexity index is 875. The van der Waals surface area contributed by atoms with Crippen molar-refractivity contribution in [3.05, 3.63) is 95.8 Å². The van der Waals surface area contributed by atoms with Crippen molar-refractivity contribution in [2.75, 3.05) is 7.11 Å². The molecule has 1 heterocycles. The number of ether oxygens (including phenoxy) is 1. The number of Topliss-reactive ketones (excluding diaryl/α,β-unsaturated/α-hetero) is 1. The van der Waals surface area contributed by atoms with Gasteiger partial charge in [0.25, 0.3) is 0 Å². The van der Waals surface area contributed by atoms with E-state index < -0.39 is 0 Å². The van der Waals surface area contributed by atoms with Gasteiger partial charge in [0.05, 0.1) is 7.11 Å². The number of ketones is 1. The van der Waals surface area contributed by atoms with Crippen LogP contribution in [-0.2, 0) is 0 Å². The Kier molecular flexibility index (Phi) is 4.53. The summed E-state index contributed by atoms with van der Waals surface area (Å²) in [6.07, 6.45) is 2.66. The van der Waals surface area contributed by atoms with E-state index in [1.807, 2.05) is 60.8 Å². The molecule has 0 unspecified atom stereocenters.